The standard InChI is InChI=1S/C17H21FN2O4/c1-22-11-16-6-17(19-24-16)12-7-20(8-12)9-14(21)10-23-15-4-2-13(18)3-5-15/h2-6,12,14,21H,7-11H2,1H3. The minimum atomic E-state index is -0.600. The van der Waals surface area contributed by atoms with Gasteiger partial charge in [-0.1, -0.05) is 5.16 Å². The van der Waals surface area contributed by atoms with Gasteiger partial charge in [0, 0.05) is 38.7 Å². The quantitative estimate of drug-likeness (QED) is 0.793. The zero-order valence-corrected chi connectivity index (χ0v) is 13.5. The van der Waals surface area contributed by atoms with Crippen LogP contribution in [0.3, 0.4) is 0 Å². The highest BCUT2D eigenvalue weighted by Crippen LogP contribution is 2.26. The monoisotopic (exact) mass is 336 g/mol. The number of likely N-dealkylation sites (tertiary alicyclic amines) is 1. The Bertz CT molecular complexity index is 640. The molecule has 130 valence electrons. The number of benzene rings is 1. The molecule has 1 aliphatic heterocycles. The Labute approximate surface area is 139 Å². The summed E-state index contributed by atoms with van der Waals surface area (Å²) in [4.78, 5) is 2.13. The van der Waals surface area contributed by atoms with Gasteiger partial charge in [-0.25, -0.2) is 4.39 Å². The van der Waals surface area contributed by atoms with Crippen LogP contribution in [0.25, 0.3) is 0 Å². The van der Waals surface area contributed by atoms with Crippen molar-refractivity contribution in [3.05, 3.63) is 47.6 Å². The van der Waals surface area contributed by atoms with Crippen molar-refractivity contribution in [3.63, 3.8) is 0 Å². The van der Waals surface area contributed by atoms with E-state index in [1.807, 2.05) is 6.07 Å². The summed E-state index contributed by atoms with van der Waals surface area (Å²) in [5, 5.41) is 14.1. The fourth-order valence-electron chi connectivity index (χ4n) is 2.71. The SMILES string of the molecule is COCc1cc(C2CN(CC(O)COc3ccc(F)cc3)C2)no1. The molecular weight excluding hydrogens is 315 g/mol. The lowest BCUT2D eigenvalue weighted by molar-refractivity contribution is 0.0361. The summed E-state index contributed by atoms with van der Waals surface area (Å²) in [6.45, 7) is 2.78. The molecular formula is C17H21FN2O4. The molecule has 0 radical (unpaired) electrons. The number of methoxy groups -OCH3 is 1. The van der Waals surface area contributed by atoms with E-state index in [1.54, 1.807) is 19.2 Å². The summed E-state index contributed by atoms with van der Waals surface area (Å²) in [5.74, 6) is 1.28. The molecule has 7 heteroatoms. The van der Waals surface area contributed by atoms with E-state index < -0.39 is 6.10 Å². The van der Waals surface area contributed by atoms with E-state index in [1.165, 1.54) is 12.1 Å². The molecule has 0 spiro atoms. The molecule has 24 heavy (non-hydrogen) atoms. The molecule has 1 aliphatic rings. The van der Waals surface area contributed by atoms with Crippen LogP contribution in [0.15, 0.2) is 34.9 Å². The highest BCUT2D eigenvalue weighted by atomic mass is 19.1. The third-order valence-electron chi connectivity index (χ3n) is 3.96. The number of ether oxygens (including phenoxy) is 2. The second-order valence-corrected chi connectivity index (χ2v) is 5.99. The third-order valence-corrected chi connectivity index (χ3v) is 3.96. The summed E-state index contributed by atoms with van der Waals surface area (Å²) in [5.41, 5.74) is 0.926. The smallest absolute Gasteiger partial charge is 0.162 e. The van der Waals surface area contributed by atoms with E-state index in [4.69, 9.17) is 14.0 Å². The van der Waals surface area contributed by atoms with Crippen molar-refractivity contribution in [3.8, 4) is 5.75 Å². The Hall–Kier alpha value is -1.96. The van der Waals surface area contributed by atoms with Crippen molar-refractivity contribution in [2.24, 2.45) is 0 Å². The molecule has 1 saturated heterocycles. The van der Waals surface area contributed by atoms with Crippen molar-refractivity contribution in [1.29, 1.82) is 0 Å². The van der Waals surface area contributed by atoms with Gasteiger partial charge in [0.15, 0.2) is 5.76 Å². The highest BCUT2D eigenvalue weighted by molar-refractivity contribution is 5.22. The van der Waals surface area contributed by atoms with Gasteiger partial charge in [0.05, 0.1) is 5.69 Å². The summed E-state index contributed by atoms with van der Waals surface area (Å²) in [6, 6.07) is 7.67. The van der Waals surface area contributed by atoms with Gasteiger partial charge in [0.1, 0.15) is 30.9 Å². The van der Waals surface area contributed by atoms with E-state index in [-0.39, 0.29) is 12.4 Å². The molecule has 3 rings (SSSR count). The second kappa shape index (κ2) is 7.74. The fraction of sp³-hybridized carbons (Fsp3) is 0.471. The molecule has 0 bridgehead atoms. The second-order valence-electron chi connectivity index (χ2n) is 5.99. The Morgan fingerprint density at radius 3 is 2.83 bits per heavy atom. The van der Waals surface area contributed by atoms with Gasteiger partial charge in [-0.3, -0.25) is 4.90 Å². The van der Waals surface area contributed by atoms with E-state index in [0.29, 0.717) is 24.8 Å². The van der Waals surface area contributed by atoms with Gasteiger partial charge in [-0.2, -0.15) is 0 Å². The first-order valence-electron chi connectivity index (χ1n) is 7.87. The van der Waals surface area contributed by atoms with Crippen LogP contribution in [0.4, 0.5) is 4.39 Å². The van der Waals surface area contributed by atoms with Crippen LogP contribution >= 0.6 is 0 Å². The molecule has 1 atom stereocenters. The largest absolute Gasteiger partial charge is 0.491 e. The molecule has 1 aromatic heterocycles. The lowest BCUT2D eigenvalue weighted by Crippen LogP contribution is -2.49. The summed E-state index contributed by atoms with van der Waals surface area (Å²) in [7, 11) is 1.61. The first-order valence-corrected chi connectivity index (χ1v) is 7.87. The lowest BCUT2D eigenvalue weighted by Gasteiger charge is -2.39. The van der Waals surface area contributed by atoms with Crippen LogP contribution in [0.5, 0.6) is 5.75 Å². The van der Waals surface area contributed by atoms with Crippen molar-refractivity contribution in [2.75, 3.05) is 33.4 Å². The molecule has 1 fully saturated rings. The molecule has 1 unspecified atom stereocenters. The predicted molar refractivity (Wildman–Crippen MR) is 84.3 cm³/mol. The summed E-state index contributed by atoms with van der Waals surface area (Å²) >= 11 is 0. The third kappa shape index (κ3) is 4.31. The lowest BCUT2D eigenvalue weighted by atomic mass is 9.96. The van der Waals surface area contributed by atoms with E-state index >= 15 is 0 Å². The zero-order chi connectivity index (χ0) is 16.9. The number of hydrogen-bond donors (Lipinski definition) is 1. The Kier molecular flexibility index (Phi) is 5.44. The Balaban J connectivity index is 1.37. The van der Waals surface area contributed by atoms with E-state index in [0.717, 1.165) is 24.5 Å². The Morgan fingerprint density at radius 1 is 1.38 bits per heavy atom. The van der Waals surface area contributed by atoms with Crippen LogP contribution < -0.4 is 4.74 Å². The topological polar surface area (TPSA) is 68.0 Å². The first kappa shape index (κ1) is 16.9. The van der Waals surface area contributed by atoms with Gasteiger partial charge >= 0.3 is 0 Å². The number of aliphatic hydroxyl groups excluding tert-OH is 1. The van der Waals surface area contributed by atoms with Gasteiger partial charge in [-0.05, 0) is 24.3 Å². The number of hydrogen-bond acceptors (Lipinski definition) is 6. The van der Waals surface area contributed by atoms with Crippen molar-refractivity contribution in [2.45, 2.75) is 18.6 Å². The van der Waals surface area contributed by atoms with Crippen LogP contribution in [0.2, 0.25) is 0 Å². The molecule has 0 aliphatic carbocycles. The van der Waals surface area contributed by atoms with Gasteiger partial charge in [-0.15, -0.1) is 0 Å². The fourth-order valence-corrected chi connectivity index (χ4v) is 2.71. The zero-order valence-electron chi connectivity index (χ0n) is 13.5. The summed E-state index contributed by atoms with van der Waals surface area (Å²) < 4.78 is 28.4. The molecule has 1 N–H and O–H groups in total. The van der Waals surface area contributed by atoms with Crippen LogP contribution in [0, 0.1) is 5.82 Å². The Morgan fingerprint density at radius 2 is 2.12 bits per heavy atom. The molecule has 2 heterocycles. The van der Waals surface area contributed by atoms with Crippen molar-refractivity contribution < 1.29 is 23.5 Å². The maximum absolute atomic E-state index is 12.8. The van der Waals surface area contributed by atoms with E-state index in [2.05, 4.69) is 10.1 Å². The molecule has 0 saturated carbocycles. The number of rotatable bonds is 8. The van der Waals surface area contributed by atoms with Crippen LogP contribution in [0.1, 0.15) is 17.4 Å². The van der Waals surface area contributed by atoms with Crippen molar-refractivity contribution in [1.82, 2.24) is 10.1 Å². The van der Waals surface area contributed by atoms with E-state index in [9.17, 15) is 9.50 Å². The normalized spacial score (nSPS) is 16.8. The maximum atomic E-state index is 12.8. The number of aliphatic hydroxyl groups is 1. The van der Waals surface area contributed by atoms with Crippen LogP contribution in [-0.4, -0.2) is 54.6 Å². The molecule has 1 aromatic carbocycles. The number of aromatic nitrogens is 1. The van der Waals surface area contributed by atoms with Crippen LogP contribution in [-0.2, 0) is 11.3 Å². The minimum absolute atomic E-state index is 0.175. The minimum Gasteiger partial charge on any atom is -0.491 e. The average Bonchev–Trinajstić information content (AvgIpc) is 2.98. The maximum Gasteiger partial charge on any atom is 0.162 e. The van der Waals surface area contributed by atoms with Gasteiger partial charge in [0.25, 0.3) is 0 Å². The van der Waals surface area contributed by atoms with Gasteiger partial charge in [0.2, 0.25) is 0 Å². The van der Waals surface area contributed by atoms with Crippen molar-refractivity contribution >= 4 is 0 Å². The van der Waals surface area contributed by atoms with Gasteiger partial charge < -0.3 is 19.1 Å². The predicted octanol–water partition coefficient (Wildman–Crippen LogP) is 1.80. The number of nitrogens with zero attached hydrogens (tertiary/aromatic N) is 2. The molecule has 6 nitrogen and oxygen atoms in total. The average molecular weight is 336 g/mol. The molecule has 0 amide bonds. The number of halogens is 1. The number of β-amino-alcohol motifs (C(OH)–C–C–N with tert-alkyl or cyclic N) is 1. The first-order chi connectivity index (χ1) is 11.6. The molecule has 2 aromatic rings. The summed E-state index contributed by atoms with van der Waals surface area (Å²) in [6.07, 6.45) is -0.600. The highest BCUT2D eigenvalue weighted by Gasteiger charge is 2.31.